The third-order valence-electron chi connectivity index (χ3n) is 6.48. The van der Waals surface area contributed by atoms with Crippen LogP contribution in [0.5, 0.6) is 0 Å². The van der Waals surface area contributed by atoms with E-state index < -0.39 is 28.5 Å². The predicted octanol–water partition coefficient (Wildman–Crippen LogP) is 5.57. The van der Waals surface area contributed by atoms with Gasteiger partial charge in [-0.25, -0.2) is 8.42 Å². The van der Waals surface area contributed by atoms with E-state index in [1.165, 1.54) is 17.0 Å². The number of para-hydroxylation sites is 1. The van der Waals surface area contributed by atoms with E-state index in [4.69, 9.17) is 11.6 Å². The molecule has 39 heavy (non-hydrogen) atoms. The third-order valence-corrected chi connectivity index (χ3v) is 8.50. The molecule has 1 N–H and O–H groups in total. The first kappa shape index (κ1) is 30.2. The first-order chi connectivity index (χ1) is 18.7. The van der Waals surface area contributed by atoms with Crippen LogP contribution in [0.25, 0.3) is 0 Å². The summed E-state index contributed by atoms with van der Waals surface area (Å²) in [6.07, 6.45) is 2.12. The molecule has 3 rings (SSSR count). The fraction of sp³-hybridized carbons (Fsp3) is 0.333. The Morgan fingerprint density at radius 1 is 0.923 bits per heavy atom. The van der Waals surface area contributed by atoms with Gasteiger partial charge >= 0.3 is 0 Å². The lowest BCUT2D eigenvalue weighted by Crippen LogP contribution is -2.52. The quantitative estimate of drug-likeness (QED) is 0.273. The highest BCUT2D eigenvalue weighted by Gasteiger charge is 2.34. The Hall–Kier alpha value is -3.36. The Labute approximate surface area is 236 Å². The van der Waals surface area contributed by atoms with Crippen LogP contribution in [0.4, 0.5) is 5.69 Å². The third kappa shape index (κ3) is 7.83. The van der Waals surface area contributed by atoms with E-state index in [9.17, 15) is 18.0 Å². The summed E-state index contributed by atoms with van der Waals surface area (Å²) in [6, 6.07) is 21.3. The highest BCUT2D eigenvalue weighted by atomic mass is 35.5. The van der Waals surface area contributed by atoms with Crippen molar-refractivity contribution in [3.05, 3.63) is 95.0 Å². The molecule has 9 heteroatoms. The van der Waals surface area contributed by atoms with Crippen LogP contribution >= 0.6 is 11.6 Å². The van der Waals surface area contributed by atoms with Gasteiger partial charge in [0.15, 0.2) is 0 Å². The second-order valence-corrected chi connectivity index (χ2v) is 11.6. The largest absolute Gasteiger partial charge is 0.354 e. The fourth-order valence-corrected chi connectivity index (χ4v) is 5.91. The topological polar surface area (TPSA) is 86.8 Å². The molecule has 0 aromatic heterocycles. The number of nitrogens with one attached hydrogen (secondary N) is 1. The first-order valence-electron chi connectivity index (χ1n) is 13.1. The van der Waals surface area contributed by atoms with Gasteiger partial charge in [-0.3, -0.25) is 13.9 Å². The summed E-state index contributed by atoms with van der Waals surface area (Å²) in [6.45, 7) is 5.84. The summed E-state index contributed by atoms with van der Waals surface area (Å²) in [5.74, 6) is -0.744. The number of carbonyl (C=O) groups is 2. The van der Waals surface area contributed by atoms with E-state index in [0.717, 1.165) is 22.7 Å². The van der Waals surface area contributed by atoms with Crippen LogP contribution in [0.3, 0.4) is 0 Å². The monoisotopic (exact) mass is 569 g/mol. The highest BCUT2D eigenvalue weighted by molar-refractivity contribution is 7.92. The number of unbranched alkanes of at least 4 members (excludes halogenated alkanes) is 1. The van der Waals surface area contributed by atoms with Gasteiger partial charge in [-0.2, -0.15) is 0 Å². The van der Waals surface area contributed by atoms with Gasteiger partial charge in [-0.15, -0.1) is 0 Å². The van der Waals surface area contributed by atoms with E-state index >= 15 is 0 Å². The summed E-state index contributed by atoms with van der Waals surface area (Å²) in [5.41, 5.74) is 1.89. The average molecular weight is 570 g/mol. The highest BCUT2D eigenvalue weighted by Crippen LogP contribution is 2.27. The second-order valence-electron chi connectivity index (χ2n) is 9.33. The zero-order valence-electron chi connectivity index (χ0n) is 22.6. The van der Waals surface area contributed by atoms with E-state index in [2.05, 4.69) is 5.32 Å². The Bertz CT molecular complexity index is 1350. The van der Waals surface area contributed by atoms with Crippen molar-refractivity contribution in [2.45, 2.75) is 57.5 Å². The first-order valence-corrected chi connectivity index (χ1v) is 15.0. The van der Waals surface area contributed by atoms with Gasteiger partial charge in [-0.05, 0) is 61.2 Å². The summed E-state index contributed by atoms with van der Waals surface area (Å²) < 4.78 is 28.8. The molecule has 0 heterocycles. The lowest BCUT2D eigenvalue weighted by molar-refractivity contribution is -0.140. The van der Waals surface area contributed by atoms with Gasteiger partial charge in [0.05, 0.1) is 10.6 Å². The zero-order chi connectivity index (χ0) is 28.4. The Balaban J connectivity index is 2.03. The van der Waals surface area contributed by atoms with Gasteiger partial charge in [0, 0.05) is 18.1 Å². The molecule has 208 valence electrons. The minimum atomic E-state index is -4.09. The van der Waals surface area contributed by atoms with E-state index in [1.807, 2.05) is 19.9 Å². The van der Waals surface area contributed by atoms with Gasteiger partial charge in [0.1, 0.15) is 12.6 Å². The molecule has 0 fully saturated rings. The van der Waals surface area contributed by atoms with Crippen LogP contribution in [0.15, 0.2) is 83.8 Å². The lowest BCUT2D eigenvalue weighted by atomic mass is 10.1. The van der Waals surface area contributed by atoms with Crippen molar-refractivity contribution < 1.29 is 18.0 Å². The minimum Gasteiger partial charge on any atom is -0.354 e. The number of rotatable bonds is 13. The van der Waals surface area contributed by atoms with Gasteiger partial charge in [-0.1, -0.05) is 80.4 Å². The second kappa shape index (κ2) is 14.1. The number of sulfonamides is 1. The standard InChI is InChI=1S/C30H36ClN3O4S/c1-4-6-20-32-30(36)27(5-2)33(21-24-16-18-25(31)19-17-24)29(35)22-34(28-15-11-10-12-23(28)3)39(37,38)26-13-8-7-9-14-26/h7-19,27H,4-6,20-22H2,1-3H3,(H,32,36). The molecule has 3 aromatic carbocycles. The van der Waals surface area contributed by atoms with Crippen molar-refractivity contribution in [2.75, 3.05) is 17.4 Å². The van der Waals surface area contributed by atoms with Crippen LogP contribution in [0.1, 0.15) is 44.2 Å². The molecule has 0 aliphatic rings. The van der Waals surface area contributed by atoms with Crippen LogP contribution < -0.4 is 9.62 Å². The normalized spacial score (nSPS) is 12.0. The summed E-state index contributed by atoms with van der Waals surface area (Å²) in [7, 11) is -4.09. The lowest BCUT2D eigenvalue weighted by Gasteiger charge is -2.33. The molecule has 7 nitrogen and oxygen atoms in total. The van der Waals surface area contributed by atoms with Crippen molar-refractivity contribution in [1.82, 2.24) is 10.2 Å². The predicted molar refractivity (Wildman–Crippen MR) is 156 cm³/mol. The van der Waals surface area contributed by atoms with E-state index in [1.54, 1.807) is 67.6 Å². The maximum Gasteiger partial charge on any atom is 0.264 e. The molecule has 1 unspecified atom stereocenters. The molecule has 0 bridgehead atoms. The zero-order valence-corrected chi connectivity index (χ0v) is 24.2. The van der Waals surface area contributed by atoms with Crippen molar-refractivity contribution in [1.29, 1.82) is 0 Å². The molecule has 2 amide bonds. The average Bonchev–Trinajstić information content (AvgIpc) is 2.93. The van der Waals surface area contributed by atoms with Crippen molar-refractivity contribution in [3.8, 4) is 0 Å². The number of hydrogen-bond donors (Lipinski definition) is 1. The number of anilines is 1. The Morgan fingerprint density at radius 3 is 2.18 bits per heavy atom. The van der Waals surface area contributed by atoms with Crippen molar-refractivity contribution in [2.24, 2.45) is 0 Å². The maximum absolute atomic E-state index is 14.0. The number of aryl methyl sites for hydroxylation is 1. The molecule has 0 aliphatic carbocycles. The fourth-order valence-electron chi connectivity index (χ4n) is 4.29. The molecule has 0 saturated carbocycles. The number of halogens is 1. The summed E-state index contributed by atoms with van der Waals surface area (Å²) in [4.78, 5) is 28.8. The smallest absolute Gasteiger partial charge is 0.264 e. The molecular weight excluding hydrogens is 534 g/mol. The molecular formula is C30H36ClN3O4S. The molecule has 0 saturated heterocycles. The molecule has 0 radical (unpaired) electrons. The summed E-state index contributed by atoms with van der Waals surface area (Å²) >= 11 is 6.06. The van der Waals surface area contributed by atoms with Crippen LogP contribution in [-0.4, -0.2) is 44.3 Å². The molecule has 3 aromatic rings. The van der Waals surface area contributed by atoms with Crippen molar-refractivity contribution >= 4 is 39.1 Å². The molecule has 0 spiro atoms. The molecule has 1 atom stereocenters. The van der Waals surface area contributed by atoms with Gasteiger partial charge in [0.2, 0.25) is 11.8 Å². The van der Waals surface area contributed by atoms with Gasteiger partial charge in [0.25, 0.3) is 10.0 Å². The van der Waals surface area contributed by atoms with Crippen LogP contribution in [-0.2, 0) is 26.2 Å². The number of carbonyl (C=O) groups excluding carboxylic acids is 2. The number of hydrogen-bond acceptors (Lipinski definition) is 4. The summed E-state index contributed by atoms with van der Waals surface area (Å²) in [5, 5.41) is 3.49. The van der Waals surface area contributed by atoms with E-state index in [-0.39, 0.29) is 17.3 Å². The Kier molecular flexibility index (Phi) is 10.9. The van der Waals surface area contributed by atoms with Crippen LogP contribution in [0, 0.1) is 6.92 Å². The minimum absolute atomic E-state index is 0.0784. The molecule has 0 aliphatic heterocycles. The SMILES string of the molecule is CCCCNC(=O)C(CC)N(Cc1ccc(Cl)cc1)C(=O)CN(c1ccccc1C)S(=O)(=O)c1ccccc1. The van der Waals surface area contributed by atoms with Crippen molar-refractivity contribution in [3.63, 3.8) is 0 Å². The van der Waals surface area contributed by atoms with Gasteiger partial charge < -0.3 is 10.2 Å². The van der Waals surface area contributed by atoms with E-state index in [0.29, 0.717) is 29.2 Å². The van der Waals surface area contributed by atoms with Crippen LogP contribution in [0.2, 0.25) is 5.02 Å². The Morgan fingerprint density at radius 2 is 1.56 bits per heavy atom. The maximum atomic E-state index is 14.0. The number of benzene rings is 3. The number of nitrogens with zero attached hydrogens (tertiary/aromatic N) is 2. The number of amides is 2.